The van der Waals surface area contributed by atoms with E-state index in [1.165, 1.54) is 4.90 Å². The van der Waals surface area contributed by atoms with Gasteiger partial charge in [0.25, 0.3) is 0 Å². The fraction of sp³-hybridized carbons (Fsp3) is 0.875. The van der Waals surface area contributed by atoms with Gasteiger partial charge in [-0.25, -0.2) is 0 Å². The van der Waals surface area contributed by atoms with Crippen molar-refractivity contribution in [2.75, 3.05) is 20.6 Å². The lowest BCUT2D eigenvalue weighted by Crippen LogP contribution is -2.49. The number of amides is 2. The summed E-state index contributed by atoms with van der Waals surface area (Å²) in [5.41, 5.74) is 0. The molecule has 21 heavy (non-hydrogen) atoms. The summed E-state index contributed by atoms with van der Waals surface area (Å²) in [5.74, 6) is 0.460. The molecule has 1 saturated heterocycles. The highest BCUT2D eigenvalue weighted by Gasteiger charge is 2.41. The molecule has 5 nitrogen and oxygen atoms in total. The van der Waals surface area contributed by atoms with Crippen molar-refractivity contribution >= 4 is 11.8 Å². The van der Waals surface area contributed by atoms with E-state index in [1.54, 1.807) is 0 Å². The Morgan fingerprint density at radius 2 is 1.90 bits per heavy atom. The van der Waals surface area contributed by atoms with E-state index in [0.717, 1.165) is 19.4 Å². The highest BCUT2D eigenvalue weighted by Crippen LogP contribution is 2.19. The molecule has 1 fully saturated rings. The van der Waals surface area contributed by atoms with E-state index < -0.39 is 0 Å². The van der Waals surface area contributed by atoms with E-state index in [4.69, 9.17) is 0 Å². The molecule has 1 heterocycles. The first-order valence-electron chi connectivity index (χ1n) is 8.02. The zero-order valence-electron chi connectivity index (χ0n) is 14.3. The normalized spacial score (nSPS) is 22.5. The second-order valence-corrected chi connectivity index (χ2v) is 6.87. The van der Waals surface area contributed by atoms with Crippen molar-refractivity contribution < 1.29 is 9.59 Å². The van der Waals surface area contributed by atoms with Crippen molar-refractivity contribution in [3.05, 3.63) is 0 Å². The minimum Gasteiger partial charge on any atom is -0.308 e. The van der Waals surface area contributed by atoms with E-state index in [0.29, 0.717) is 12.3 Å². The summed E-state index contributed by atoms with van der Waals surface area (Å²) in [5, 5.41) is 3.41. The lowest BCUT2D eigenvalue weighted by molar-refractivity contribution is -0.141. The molecule has 0 aromatic heterocycles. The molecule has 0 aromatic rings. The summed E-state index contributed by atoms with van der Waals surface area (Å²) in [6, 6.07) is -0.122. The van der Waals surface area contributed by atoms with Gasteiger partial charge in [-0.2, -0.15) is 0 Å². The Kier molecular flexibility index (Phi) is 6.81. The summed E-state index contributed by atoms with van der Waals surface area (Å²) in [4.78, 5) is 28.1. The molecule has 0 spiro atoms. The molecule has 1 N–H and O–H groups in total. The third-order valence-electron chi connectivity index (χ3n) is 3.99. The predicted octanol–water partition coefficient (Wildman–Crippen LogP) is 1.48. The number of hydrogen-bond acceptors (Lipinski definition) is 4. The van der Waals surface area contributed by atoms with Crippen molar-refractivity contribution in [2.45, 2.75) is 65.1 Å². The summed E-state index contributed by atoms with van der Waals surface area (Å²) in [7, 11) is 4.06. The lowest BCUT2D eigenvalue weighted by Gasteiger charge is -2.27. The number of nitrogens with zero attached hydrogens (tertiary/aromatic N) is 2. The molecule has 1 aliphatic heterocycles. The highest BCUT2D eigenvalue weighted by atomic mass is 16.2. The number of carbonyl (C=O) groups excluding carboxylic acids is 2. The van der Waals surface area contributed by atoms with Gasteiger partial charge in [-0.15, -0.1) is 0 Å². The van der Waals surface area contributed by atoms with Crippen LogP contribution in [0, 0.1) is 5.92 Å². The molecule has 0 radical (unpaired) electrons. The maximum Gasteiger partial charge on any atom is 0.247 e. The average molecular weight is 297 g/mol. The van der Waals surface area contributed by atoms with Crippen LogP contribution in [0.3, 0.4) is 0 Å². The van der Waals surface area contributed by atoms with Gasteiger partial charge in [-0.3, -0.25) is 14.5 Å². The van der Waals surface area contributed by atoms with E-state index in [1.807, 2.05) is 27.9 Å². The number of rotatable bonds is 8. The van der Waals surface area contributed by atoms with Crippen LogP contribution in [0.25, 0.3) is 0 Å². The first-order valence-corrected chi connectivity index (χ1v) is 8.02. The minimum absolute atomic E-state index is 0.00537. The maximum absolute atomic E-state index is 12.5. The Hall–Kier alpha value is -0.940. The molecule has 5 heteroatoms. The fourth-order valence-electron chi connectivity index (χ4n) is 2.92. The van der Waals surface area contributed by atoms with E-state index in [2.05, 4.69) is 24.1 Å². The zero-order valence-corrected chi connectivity index (χ0v) is 14.3. The van der Waals surface area contributed by atoms with Crippen LogP contribution in [-0.4, -0.2) is 60.4 Å². The zero-order chi connectivity index (χ0) is 16.2. The number of hydrogen-bond donors (Lipinski definition) is 1. The third kappa shape index (κ3) is 5.08. The number of likely N-dealkylation sites (tertiary alicyclic amines) is 1. The monoisotopic (exact) mass is 297 g/mol. The number of carbonyl (C=O) groups is 2. The SMILES string of the molecule is CCC(C)N1C(=O)CC(NC(CC(C)C)CN(C)C)C1=O. The van der Waals surface area contributed by atoms with Crippen LogP contribution < -0.4 is 5.32 Å². The number of imide groups is 1. The molecule has 122 valence electrons. The molecular weight excluding hydrogens is 266 g/mol. The lowest BCUT2D eigenvalue weighted by atomic mass is 10.0. The van der Waals surface area contributed by atoms with Crippen molar-refractivity contribution in [1.82, 2.24) is 15.1 Å². The van der Waals surface area contributed by atoms with Crippen LogP contribution >= 0.6 is 0 Å². The maximum atomic E-state index is 12.5. The molecule has 0 bridgehead atoms. The molecule has 1 aliphatic rings. The second kappa shape index (κ2) is 7.90. The van der Waals surface area contributed by atoms with Crippen LogP contribution in [0.4, 0.5) is 0 Å². The summed E-state index contributed by atoms with van der Waals surface area (Å²) in [6.45, 7) is 9.16. The van der Waals surface area contributed by atoms with Gasteiger partial charge in [0.1, 0.15) is 0 Å². The largest absolute Gasteiger partial charge is 0.308 e. The third-order valence-corrected chi connectivity index (χ3v) is 3.99. The second-order valence-electron chi connectivity index (χ2n) is 6.87. The molecule has 3 unspecified atom stereocenters. The Bertz CT molecular complexity index is 359. The first-order chi connectivity index (χ1) is 9.76. The summed E-state index contributed by atoms with van der Waals surface area (Å²) in [6.07, 6.45) is 2.10. The predicted molar refractivity (Wildman–Crippen MR) is 84.9 cm³/mol. The Labute approximate surface area is 129 Å². The van der Waals surface area contributed by atoms with Gasteiger partial charge in [0, 0.05) is 18.6 Å². The standard InChI is InChI=1S/C16H31N3O2/c1-7-12(4)19-15(20)9-14(16(19)21)17-13(8-11(2)3)10-18(5)6/h11-14,17H,7-10H2,1-6H3. The van der Waals surface area contributed by atoms with Crippen molar-refractivity contribution in [3.8, 4) is 0 Å². The Balaban J connectivity index is 2.71. The van der Waals surface area contributed by atoms with E-state index >= 15 is 0 Å². The number of likely N-dealkylation sites (N-methyl/N-ethyl adjacent to an activating group) is 1. The van der Waals surface area contributed by atoms with Crippen molar-refractivity contribution in [1.29, 1.82) is 0 Å². The molecule has 0 saturated carbocycles. The van der Waals surface area contributed by atoms with Crippen LogP contribution in [0.1, 0.15) is 47.0 Å². The van der Waals surface area contributed by atoms with E-state index in [9.17, 15) is 9.59 Å². The molecule has 1 rings (SSSR count). The van der Waals surface area contributed by atoms with Gasteiger partial charge in [0.15, 0.2) is 0 Å². The van der Waals surface area contributed by atoms with E-state index in [-0.39, 0.29) is 29.9 Å². The molecule has 2 amide bonds. The smallest absolute Gasteiger partial charge is 0.247 e. The van der Waals surface area contributed by atoms with Crippen molar-refractivity contribution in [2.24, 2.45) is 5.92 Å². The quantitative estimate of drug-likeness (QED) is 0.690. The minimum atomic E-state index is -0.352. The summed E-state index contributed by atoms with van der Waals surface area (Å²) >= 11 is 0. The van der Waals surface area contributed by atoms with Gasteiger partial charge < -0.3 is 10.2 Å². The van der Waals surface area contributed by atoms with Gasteiger partial charge in [0.2, 0.25) is 11.8 Å². The average Bonchev–Trinajstić information content (AvgIpc) is 2.62. The van der Waals surface area contributed by atoms with Crippen LogP contribution in [-0.2, 0) is 9.59 Å². The van der Waals surface area contributed by atoms with Gasteiger partial charge in [0.05, 0.1) is 12.5 Å². The summed E-state index contributed by atoms with van der Waals surface area (Å²) < 4.78 is 0. The van der Waals surface area contributed by atoms with Gasteiger partial charge >= 0.3 is 0 Å². The molecule has 0 aliphatic carbocycles. The fourth-order valence-corrected chi connectivity index (χ4v) is 2.92. The molecular formula is C16H31N3O2. The Morgan fingerprint density at radius 1 is 1.29 bits per heavy atom. The van der Waals surface area contributed by atoms with Gasteiger partial charge in [-0.05, 0) is 39.8 Å². The topological polar surface area (TPSA) is 52.7 Å². The van der Waals surface area contributed by atoms with Crippen molar-refractivity contribution in [3.63, 3.8) is 0 Å². The highest BCUT2D eigenvalue weighted by molar-refractivity contribution is 6.05. The molecule has 3 atom stereocenters. The number of nitrogens with one attached hydrogen (secondary N) is 1. The van der Waals surface area contributed by atoms with Gasteiger partial charge in [-0.1, -0.05) is 20.8 Å². The van der Waals surface area contributed by atoms with Crippen LogP contribution in [0.15, 0.2) is 0 Å². The molecule has 0 aromatic carbocycles. The Morgan fingerprint density at radius 3 is 2.38 bits per heavy atom. The van der Waals surface area contributed by atoms with Crippen LogP contribution in [0.5, 0.6) is 0 Å². The van der Waals surface area contributed by atoms with Crippen LogP contribution in [0.2, 0.25) is 0 Å². The first kappa shape index (κ1) is 18.1.